The van der Waals surface area contributed by atoms with Crippen LogP contribution in [0.3, 0.4) is 0 Å². The van der Waals surface area contributed by atoms with Gasteiger partial charge in [0, 0.05) is 0 Å². The van der Waals surface area contributed by atoms with Crippen molar-refractivity contribution >= 4 is 11.8 Å². The van der Waals surface area contributed by atoms with E-state index in [1.807, 2.05) is 19.9 Å². The van der Waals surface area contributed by atoms with Gasteiger partial charge in [0.2, 0.25) is 0 Å². The summed E-state index contributed by atoms with van der Waals surface area (Å²) >= 11 is 0. The molecular weight excluding hydrogens is 242 g/mol. The molecule has 0 atom stereocenters. The van der Waals surface area contributed by atoms with Crippen molar-refractivity contribution in [2.24, 2.45) is 0 Å². The molecule has 2 amide bonds. The number of carbonyl (C=O) groups excluding carboxylic acids is 2. The second-order valence-corrected chi connectivity index (χ2v) is 4.71. The van der Waals surface area contributed by atoms with E-state index in [4.69, 9.17) is 4.42 Å². The Morgan fingerprint density at radius 1 is 1.05 bits per heavy atom. The van der Waals surface area contributed by atoms with E-state index < -0.39 is 0 Å². The van der Waals surface area contributed by atoms with Crippen LogP contribution >= 0.6 is 0 Å². The van der Waals surface area contributed by atoms with E-state index in [-0.39, 0.29) is 18.4 Å². The number of furan rings is 1. The molecule has 0 N–H and O–H groups in total. The van der Waals surface area contributed by atoms with Crippen LogP contribution in [-0.2, 0) is 6.54 Å². The fourth-order valence-corrected chi connectivity index (χ4v) is 2.37. The molecule has 4 heteroatoms. The third-order valence-corrected chi connectivity index (χ3v) is 3.32. The lowest BCUT2D eigenvalue weighted by molar-refractivity contribution is 0.0630. The third-order valence-electron chi connectivity index (χ3n) is 3.32. The predicted octanol–water partition coefficient (Wildman–Crippen LogP) is 2.69. The average molecular weight is 255 g/mol. The topological polar surface area (TPSA) is 50.5 Å². The quantitative estimate of drug-likeness (QED) is 0.775. The zero-order chi connectivity index (χ0) is 13.6. The van der Waals surface area contributed by atoms with Gasteiger partial charge in [-0.05, 0) is 37.6 Å². The number of rotatable bonds is 2. The molecule has 0 saturated heterocycles. The van der Waals surface area contributed by atoms with Crippen LogP contribution in [0.2, 0.25) is 0 Å². The molecule has 0 saturated carbocycles. The minimum Gasteiger partial charge on any atom is -0.464 e. The second-order valence-electron chi connectivity index (χ2n) is 4.71. The molecule has 0 spiro atoms. The molecule has 0 fully saturated rings. The van der Waals surface area contributed by atoms with Crippen molar-refractivity contribution in [3.63, 3.8) is 0 Å². The maximum absolute atomic E-state index is 12.2. The van der Waals surface area contributed by atoms with Crippen molar-refractivity contribution < 1.29 is 14.0 Å². The van der Waals surface area contributed by atoms with Crippen LogP contribution < -0.4 is 0 Å². The smallest absolute Gasteiger partial charge is 0.261 e. The molecule has 2 heterocycles. The number of nitrogens with zero attached hydrogens (tertiary/aromatic N) is 1. The molecule has 1 aromatic heterocycles. The first-order chi connectivity index (χ1) is 9.08. The van der Waals surface area contributed by atoms with Crippen LogP contribution in [-0.4, -0.2) is 16.7 Å². The number of amides is 2. The monoisotopic (exact) mass is 255 g/mol. The van der Waals surface area contributed by atoms with Gasteiger partial charge < -0.3 is 4.42 Å². The minimum absolute atomic E-state index is 0.187. The number of aryl methyl sites for hydroxylation is 2. The Bertz CT molecular complexity index is 649. The summed E-state index contributed by atoms with van der Waals surface area (Å²) in [6, 6.07) is 8.77. The average Bonchev–Trinajstić information content (AvgIpc) is 2.83. The van der Waals surface area contributed by atoms with Crippen molar-refractivity contribution in [3.8, 4) is 0 Å². The van der Waals surface area contributed by atoms with Gasteiger partial charge in [-0.15, -0.1) is 0 Å². The number of fused-ring (bicyclic) bond motifs is 1. The highest BCUT2D eigenvalue weighted by atomic mass is 16.3. The lowest BCUT2D eigenvalue weighted by atomic mass is 10.1. The summed E-state index contributed by atoms with van der Waals surface area (Å²) in [4.78, 5) is 25.6. The molecule has 3 rings (SSSR count). The van der Waals surface area contributed by atoms with Gasteiger partial charge in [-0.25, -0.2) is 0 Å². The Morgan fingerprint density at radius 2 is 1.63 bits per heavy atom. The summed E-state index contributed by atoms with van der Waals surface area (Å²) in [6.07, 6.45) is 0. The normalized spacial score (nSPS) is 14.1. The van der Waals surface area contributed by atoms with Crippen molar-refractivity contribution in [3.05, 3.63) is 58.5 Å². The van der Waals surface area contributed by atoms with Gasteiger partial charge in [-0.3, -0.25) is 14.5 Å². The molecule has 19 heavy (non-hydrogen) atoms. The molecule has 96 valence electrons. The van der Waals surface area contributed by atoms with E-state index in [0.717, 1.165) is 11.3 Å². The highest BCUT2D eigenvalue weighted by Crippen LogP contribution is 2.25. The number of benzene rings is 1. The number of imide groups is 1. The molecule has 1 aliphatic heterocycles. The fourth-order valence-electron chi connectivity index (χ4n) is 2.37. The van der Waals surface area contributed by atoms with Crippen LogP contribution in [0.4, 0.5) is 0 Å². The maximum Gasteiger partial charge on any atom is 0.261 e. The van der Waals surface area contributed by atoms with Crippen LogP contribution in [0.15, 0.2) is 34.7 Å². The van der Waals surface area contributed by atoms with Gasteiger partial charge in [0.25, 0.3) is 11.8 Å². The summed E-state index contributed by atoms with van der Waals surface area (Å²) in [7, 11) is 0. The first kappa shape index (κ1) is 11.7. The van der Waals surface area contributed by atoms with Crippen molar-refractivity contribution in [1.82, 2.24) is 4.90 Å². The Hall–Kier alpha value is -2.36. The van der Waals surface area contributed by atoms with Gasteiger partial charge >= 0.3 is 0 Å². The Morgan fingerprint density at radius 3 is 2.11 bits per heavy atom. The summed E-state index contributed by atoms with van der Waals surface area (Å²) in [5, 5.41) is 0. The van der Waals surface area contributed by atoms with Gasteiger partial charge in [-0.1, -0.05) is 12.1 Å². The molecule has 1 aromatic carbocycles. The molecule has 1 aliphatic rings. The number of hydrogen-bond acceptors (Lipinski definition) is 3. The molecule has 4 nitrogen and oxygen atoms in total. The zero-order valence-electron chi connectivity index (χ0n) is 10.8. The minimum atomic E-state index is -0.256. The van der Waals surface area contributed by atoms with Crippen LogP contribution in [0.25, 0.3) is 0 Å². The third kappa shape index (κ3) is 1.76. The van der Waals surface area contributed by atoms with Gasteiger partial charge in [0.1, 0.15) is 11.5 Å². The van der Waals surface area contributed by atoms with E-state index in [1.165, 1.54) is 4.90 Å². The Labute approximate surface area is 110 Å². The first-order valence-corrected chi connectivity index (χ1v) is 6.09. The summed E-state index contributed by atoms with van der Waals surface area (Å²) in [6.45, 7) is 3.94. The zero-order valence-corrected chi connectivity index (χ0v) is 10.8. The van der Waals surface area contributed by atoms with Gasteiger partial charge in [0.15, 0.2) is 0 Å². The largest absolute Gasteiger partial charge is 0.464 e. The van der Waals surface area contributed by atoms with Crippen LogP contribution in [0.5, 0.6) is 0 Å². The van der Waals surface area contributed by atoms with Gasteiger partial charge in [-0.2, -0.15) is 0 Å². The van der Waals surface area contributed by atoms with Gasteiger partial charge in [0.05, 0.1) is 17.7 Å². The van der Waals surface area contributed by atoms with Crippen molar-refractivity contribution in [2.45, 2.75) is 20.4 Å². The SMILES string of the molecule is Cc1cc(C)c(CN2C(=O)c3ccccc3C2=O)o1. The highest BCUT2D eigenvalue weighted by Gasteiger charge is 2.35. The Balaban J connectivity index is 1.94. The number of carbonyl (C=O) groups is 2. The summed E-state index contributed by atoms with van der Waals surface area (Å²) in [5.41, 5.74) is 1.89. The molecule has 0 bridgehead atoms. The molecule has 0 aliphatic carbocycles. The van der Waals surface area contributed by atoms with E-state index in [9.17, 15) is 9.59 Å². The molecule has 2 aromatic rings. The fraction of sp³-hybridized carbons (Fsp3) is 0.200. The lowest BCUT2D eigenvalue weighted by Crippen LogP contribution is -2.29. The first-order valence-electron chi connectivity index (χ1n) is 6.09. The summed E-state index contributed by atoms with van der Waals surface area (Å²) < 4.78 is 5.53. The lowest BCUT2D eigenvalue weighted by Gasteiger charge is -2.12. The highest BCUT2D eigenvalue weighted by molar-refractivity contribution is 6.21. The molecule has 0 unspecified atom stereocenters. The molecule has 0 radical (unpaired) electrons. The maximum atomic E-state index is 12.2. The predicted molar refractivity (Wildman–Crippen MR) is 68.8 cm³/mol. The van der Waals surface area contributed by atoms with Crippen molar-refractivity contribution in [1.29, 1.82) is 0 Å². The molecular formula is C15H13NO3. The van der Waals surface area contributed by atoms with E-state index in [2.05, 4.69) is 0 Å². The van der Waals surface area contributed by atoms with Crippen LogP contribution in [0, 0.1) is 13.8 Å². The van der Waals surface area contributed by atoms with E-state index >= 15 is 0 Å². The number of hydrogen-bond donors (Lipinski definition) is 0. The van der Waals surface area contributed by atoms with Crippen molar-refractivity contribution in [2.75, 3.05) is 0 Å². The van der Waals surface area contributed by atoms with E-state index in [1.54, 1.807) is 24.3 Å². The van der Waals surface area contributed by atoms with Crippen LogP contribution in [0.1, 0.15) is 37.8 Å². The standard InChI is InChI=1S/C15H13NO3/c1-9-7-10(2)19-13(9)8-16-14(17)11-5-3-4-6-12(11)15(16)18/h3-7H,8H2,1-2H3. The second kappa shape index (κ2) is 4.09. The summed E-state index contributed by atoms with van der Waals surface area (Å²) in [5.74, 6) is 0.930. The van der Waals surface area contributed by atoms with E-state index in [0.29, 0.717) is 16.9 Å². The Kier molecular flexibility index (Phi) is 2.52.